The first-order valence-corrected chi connectivity index (χ1v) is 16.9. The first kappa shape index (κ1) is 29.8. The minimum atomic E-state index is -0.0186. The van der Waals surface area contributed by atoms with Crippen LogP contribution in [0.5, 0.6) is 0 Å². The molecule has 0 radical (unpaired) electrons. The fraction of sp³-hybridized carbons (Fsp3) is 0. The molecule has 0 saturated heterocycles. The molecule has 3 heterocycles. The van der Waals surface area contributed by atoms with Crippen LogP contribution >= 0.6 is 0 Å². The molecule has 7 heteroatoms. The molecule has 0 saturated carbocycles. The van der Waals surface area contributed by atoms with Gasteiger partial charge in [-0.15, -0.1) is 0 Å². The van der Waals surface area contributed by atoms with Gasteiger partial charge in [-0.05, 0) is 54.6 Å². The average molecular weight is 675 g/mol. The van der Waals surface area contributed by atoms with Gasteiger partial charge in [-0.1, -0.05) is 78.9 Å². The fourth-order valence-corrected chi connectivity index (χ4v) is 8.05. The molecule has 7 nitrogen and oxygen atoms in total. The molecule has 0 N–H and O–H groups in total. The minimum absolute atomic E-state index is 0.0186. The fourth-order valence-electron chi connectivity index (χ4n) is 8.05. The summed E-state index contributed by atoms with van der Waals surface area (Å²) in [7, 11) is 0. The molecule has 0 atom stereocenters. The van der Waals surface area contributed by atoms with Gasteiger partial charge in [0.1, 0.15) is 29.4 Å². The molecule has 0 fully saturated rings. The Morgan fingerprint density at radius 1 is 0.396 bits per heavy atom. The lowest BCUT2D eigenvalue weighted by molar-refractivity contribution is 0.669. The topological polar surface area (TPSA) is 118 Å². The van der Waals surface area contributed by atoms with Crippen molar-refractivity contribution < 1.29 is 4.42 Å². The highest BCUT2D eigenvalue weighted by atomic mass is 16.3. The number of hydrogen-bond donors (Lipinski definition) is 0. The van der Waals surface area contributed by atoms with Gasteiger partial charge in [-0.2, -0.15) is 21.0 Å². The molecule has 0 aliphatic rings. The standard InChI is InChI=1S/C46H22N6O/c47-23-27-19-29(51-40-13-5-1-9-31(40)32-10-2-6-14-41(32)51)17-18-30(27)37-20-28(24-48)38(25-49)39(26-50)46(37)52-42-15-7-3-11-33(42)35-22-45-36(21-43(35)52)34-12-4-8-16-44(34)53-45/h1-22H. The Bertz CT molecular complexity index is 3350. The predicted octanol–water partition coefficient (Wildman–Crippen LogP) is 10.9. The van der Waals surface area contributed by atoms with Crippen molar-refractivity contribution in [2.45, 2.75) is 0 Å². The summed E-state index contributed by atoms with van der Waals surface area (Å²) in [6, 6.07) is 52.5. The molecule has 7 aromatic carbocycles. The summed E-state index contributed by atoms with van der Waals surface area (Å²) < 4.78 is 10.4. The van der Waals surface area contributed by atoms with Gasteiger partial charge >= 0.3 is 0 Å². The van der Waals surface area contributed by atoms with Gasteiger partial charge in [-0.3, -0.25) is 0 Å². The maximum Gasteiger partial charge on any atom is 0.136 e. The summed E-state index contributed by atoms with van der Waals surface area (Å²) >= 11 is 0. The summed E-state index contributed by atoms with van der Waals surface area (Å²) in [6.07, 6.45) is 0. The number of para-hydroxylation sites is 4. The van der Waals surface area contributed by atoms with Crippen LogP contribution in [0.2, 0.25) is 0 Å². The highest BCUT2D eigenvalue weighted by Crippen LogP contribution is 2.43. The molecule has 53 heavy (non-hydrogen) atoms. The number of hydrogen-bond acceptors (Lipinski definition) is 5. The zero-order valence-corrected chi connectivity index (χ0v) is 27.8. The Morgan fingerprint density at radius 3 is 1.62 bits per heavy atom. The number of furan rings is 1. The largest absolute Gasteiger partial charge is 0.456 e. The van der Waals surface area contributed by atoms with Gasteiger partial charge in [0.15, 0.2) is 0 Å². The summed E-state index contributed by atoms with van der Waals surface area (Å²) in [5.74, 6) is 0. The minimum Gasteiger partial charge on any atom is -0.456 e. The van der Waals surface area contributed by atoms with Crippen LogP contribution in [0, 0.1) is 45.3 Å². The van der Waals surface area contributed by atoms with Crippen molar-refractivity contribution in [3.05, 3.63) is 156 Å². The molecule has 0 amide bonds. The van der Waals surface area contributed by atoms with E-state index in [0.29, 0.717) is 22.4 Å². The second-order valence-electron chi connectivity index (χ2n) is 12.9. The first-order chi connectivity index (χ1) is 26.1. The van der Waals surface area contributed by atoms with Gasteiger partial charge in [0.05, 0.1) is 56.1 Å². The van der Waals surface area contributed by atoms with Crippen molar-refractivity contribution in [3.63, 3.8) is 0 Å². The van der Waals surface area contributed by atoms with E-state index in [2.05, 4.69) is 59.2 Å². The zero-order valence-electron chi connectivity index (χ0n) is 27.8. The zero-order chi connectivity index (χ0) is 35.8. The van der Waals surface area contributed by atoms with E-state index in [9.17, 15) is 21.0 Å². The molecule has 0 spiro atoms. The van der Waals surface area contributed by atoms with E-state index in [-0.39, 0.29) is 16.7 Å². The molecule has 0 aliphatic heterocycles. The molecule has 3 aromatic heterocycles. The van der Waals surface area contributed by atoms with Crippen molar-refractivity contribution in [2.75, 3.05) is 0 Å². The van der Waals surface area contributed by atoms with E-state index in [4.69, 9.17) is 4.42 Å². The van der Waals surface area contributed by atoms with Crippen LogP contribution in [0.25, 0.3) is 88.1 Å². The van der Waals surface area contributed by atoms with Gasteiger partial charge < -0.3 is 13.6 Å². The molecule has 0 unspecified atom stereocenters. The Balaban J connectivity index is 1.32. The first-order valence-electron chi connectivity index (χ1n) is 16.9. The van der Waals surface area contributed by atoms with E-state index in [1.54, 1.807) is 6.07 Å². The van der Waals surface area contributed by atoms with E-state index in [1.165, 1.54) is 0 Å². The lowest BCUT2D eigenvalue weighted by Gasteiger charge is -2.19. The van der Waals surface area contributed by atoms with Crippen molar-refractivity contribution in [3.8, 4) is 46.8 Å². The lowest BCUT2D eigenvalue weighted by atomic mass is 9.90. The number of aromatic nitrogens is 2. The van der Waals surface area contributed by atoms with Crippen LogP contribution in [0.1, 0.15) is 22.3 Å². The smallest absolute Gasteiger partial charge is 0.136 e. The van der Waals surface area contributed by atoms with Crippen LogP contribution in [-0.2, 0) is 0 Å². The molecular formula is C46H22N6O. The number of fused-ring (bicyclic) bond motifs is 9. The number of rotatable bonds is 3. The Labute approximate surface area is 301 Å². The Morgan fingerprint density at radius 2 is 0.981 bits per heavy atom. The van der Waals surface area contributed by atoms with E-state index in [0.717, 1.165) is 71.2 Å². The van der Waals surface area contributed by atoms with Crippen LogP contribution in [-0.4, -0.2) is 9.13 Å². The van der Waals surface area contributed by atoms with Crippen LogP contribution in [0.15, 0.2) is 138 Å². The number of nitriles is 4. The SMILES string of the molecule is N#Cc1cc(-n2c3ccccc3c3ccccc32)ccc1-c1cc(C#N)c(C#N)c(C#N)c1-n1c2ccccc2c2cc3oc4ccccc4c3cc21. The van der Waals surface area contributed by atoms with E-state index < -0.39 is 0 Å². The monoisotopic (exact) mass is 674 g/mol. The van der Waals surface area contributed by atoms with Crippen molar-refractivity contribution in [2.24, 2.45) is 0 Å². The molecule has 10 rings (SSSR count). The van der Waals surface area contributed by atoms with Crippen molar-refractivity contribution in [1.82, 2.24) is 9.13 Å². The Hall–Kier alpha value is -8.10. The van der Waals surface area contributed by atoms with Gasteiger partial charge in [0.2, 0.25) is 0 Å². The molecule has 242 valence electrons. The number of benzene rings is 7. The van der Waals surface area contributed by atoms with Gasteiger partial charge in [-0.25, -0.2) is 0 Å². The summed E-state index contributed by atoms with van der Waals surface area (Å²) in [5, 5.41) is 48.2. The molecular weight excluding hydrogens is 653 g/mol. The third-order valence-electron chi connectivity index (χ3n) is 10.3. The second-order valence-corrected chi connectivity index (χ2v) is 12.9. The van der Waals surface area contributed by atoms with Gasteiger partial charge in [0.25, 0.3) is 0 Å². The van der Waals surface area contributed by atoms with Crippen LogP contribution < -0.4 is 0 Å². The van der Waals surface area contributed by atoms with E-state index in [1.807, 2.05) is 102 Å². The van der Waals surface area contributed by atoms with Crippen LogP contribution in [0.4, 0.5) is 0 Å². The van der Waals surface area contributed by atoms with Crippen molar-refractivity contribution >= 4 is 65.6 Å². The lowest BCUT2D eigenvalue weighted by Crippen LogP contribution is -2.06. The van der Waals surface area contributed by atoms with Crippen LogP contribution in [0.3, 0.4) is 0 Å². The maximum absolute atomic E-state index is 10.8. The number of nitrogens with zero attached hydrogens (tertiary/aromatic N) is 6. The van der Waals surface area contributed by atoms with Crippen molar-refractivity contribution in [1.29, 1.82) is 21.0 Å². The predicted molar refractivity (Wildman–Crippen MR) is 207 cm³/mol. The third kappa shape index (κ3) is 4.11. The summed E-state index contributed by atoms with van der Waals surface area (Å²) in [5.41, 5.74) is 7.77. The van der Waals surface area contributed by atoms with Gasteiger partial charge in [0, 0.05) is 49.1 Å². The normalized spacial score (nSPS) is 11.3. The summed E-state index contributed by atoms with van der Waals surface area (Å²) in [6.45, 7) is 0. The Kier molecular flexibility index (Phi) is 6.30. The summed E-state index contributed by atoms with van der Waals surface area (Å²) in [4.78, 5) is 0. The maximum atomic E-state index is 10.8. The highest BCUT2D eigenvalue weighted by molar-refractivity contribution is 6.17. The molecule has 0 aliphatic carbocycles. The quantitative estimate of drug-likeness (QED) is 0.185. The average Bonchev–Trinajstić information content (AvgIpc) is 3.86. The highest BCUT2D eigenvalue weighted by Gasteiger charge is 2.26. The van der Waals surface area contributed by atoms with E-state index >= 15 is 0 Å². The molecule has 0 bridgehead atoms. The third-order valence-corrected chi connectivity index (χ3v) is 10.3. The molecule has 10 aromatic rings. The second kappa shape index (κ2) is 11.2.